The lowest BCUT2D eigenvalue weighted by molar-refractivity contribution is 0.191. The van der Waals surface area contributed by atoms with Crippen LogP contribution in [0, 0.1) is 11.3 Å². The molecule has 2 aromatic heterocycles. The van der Waals surface area contributed by atoms with Gasteiger partial charge in [-0.25, -0.2) is 9.97 Å². The molecule has 23 heavy (non-hydrogen) atoms. The van der Waals surface area contributed by atoms with E-state index in [-0.39, 0.29) is 0 Å². The van der Waals surface area contributed by atoms with Gasteiger partial charge in [-0.3, -0.25) is 9.88 Å². The van der Waals surface area contributed by atoms with Crippen LogP contribution in [0.4, 0.5) is 5.82 Å². The van der Waals surface area contributed by atoms with Crippen molar-refractivity contribution < 1.29 is 0 Å². The van der Waals surface area contributed by atoms with Crippen LogP contribution >= 0.6 is 0 Å². The number of nitriles is 1. The SMILES string of the molecule is CC1CN(c2nccnc2C#N)CCN1CCc1ccncc1. The van der Waals surface area contributed by atoms with Crippen LogP contribution in [-0.4, -0.2) is 52.1 Å². The third-order valence-electron chi connectivity index (χ3n) is 4.29. The quantitative estimate of drug-likeness (QED) is 0.852. The number of rotatable bonds is 4. The van der Waals surface area contributed by atoms with Gasteiger partial charge in [-0.05, 0) is 31.0 Å². The largest absolute Gasteiger partial charge is 0.351 e. The average molecular weight is 308 g/mol. The van der Waals surface area contributed by atoms with Crippen molar-refractivity contribution in [1.29, 1.82) is 5.26 Å². The van der Waals surface area contributed by atoms with E-state index in [4.69, 9.17) is 0 Å². The molecule has 6 nitrogen and oxygen atoms in total. The summed E-state index contributed by atoms with van der Waals surface area (Å²) >= 11 is 0. The minimum atomic E-state index is 0.407. The number of anilines is 1. The van der Waals surface area contributed by atoms with Gasteiger partial charge >= 0.3 is 0 Å². The molecule has 0 amide bonds. The van der Waals surface area contributed by atoms with E-state index in [1.54, 1.807) is 12.4 Å². The van der Waals surface area contributed by atoms with Crippen molar-refractivity contribution in [2.45, 2.75) is 19.4 Å². The van der Waals surface area contributed by atoms with E-state index in [0.717, 1.165) is 32.6 Å². The Labute approximate surface area is 136 Å². The molecule has 6 heteroatoms. The summed E-state index contributed by atoms with van der Waals surface area (Å²) in [5.74, 6) is 0.704. The zero-order valence-corrected chi connectivity index (χ0v) is 13.3. The van der Waals surface area contributed by atoms with Gasteiger partial charge in [0.1, 0.15) is 6.07 Å². The van der Waals surface area contributed by atoms with Gasteiger partial charge in [0.15, 0.2) is 11.5 Å². The van der Waals surface area contributed by atoms with E-state index in [1.807, 2.05) is 12.4 Å². The molecule has 1 unspecified atom stereocenters. The molecule has 0 bridgehead atoms. The molecule has 3 heterocycles. The summed E-state index contributed by atoms with van der Waals surface area (Å²) in [6.45, 7) is 5.96. The average Bonchev–Trinajstić information content (AvgIpc) is 2.61. The van der Waals surface area contributed by atoms with Crippen molar-refractivity contribution in [3.8, 4) is 6.07 Å². The number of hydrogen-bond donors (Lipinski definition) is 0. The summed E-state index contributed by atoms with van der Waals surface area (Å²) in [6, 6.07) is 6.68. The Morgan fingerprint density at radius 1 is 1.17 bits per heavy atom. The summed E-state index contributed by atoms with van der Waals surface area (Å²) in [6.07, 6.45) is 7.93. The second kappa shape index (κ2) is 7.16. The van der Waals surface area contributed by atoms with Crippen LogP contribution in [0.25, 0.3) is 0 Å². The van der Waals surface area contributed by atoms with Crippen LogP contribution in [0.2, 0.25) is 0 Å². The van der Waals surface area contributed by atoms with E-state index < -0.39 is 0 Å². The fourth-order valence-corrected chi connectivity index (χ4v) is 2.98. The smallest absolute Gasteiger partial charge is 0.183 e. The molecular weight excluding hydrogens is 288 g/mol. The van der Waals surface area contributed by atoms with Crippen molar-refractivity contribution in [1.82, 2.24) is 19.9 Å². The summed E-state index contributed by atoms with van der Waals surface area (Å²) in [4.78, 5) is 17.2. The van der Waals surface area contributed by atoms with Crippen molar-refractivity contribution in [2.24, 2.45) is 0 Å². The highest BCUT2D eigenvalue weighted by molar-refractivity contribution is 5.49. The molecule has 0 aromatic carbocycles. The maximum atomic E-state index is 9.18. The van der Waals surface area contributed by atoms with Crippen LogP contribution in [-0.2, 0) is 6.42 Å². The molecule has 1 aliphatic heterocycles. The minimum Gasteiger partial charge on any atom is -0.351 e. The maximum Gasteiger partial charge on any atom is 0.183 e. The van der Waals surface area contributed by atoms with Gasteiger partial charge in [-0.1, -0.05) is 0 Å². The van der Waals surface area contributed by atoms with E-state index in [1.165, 1.54) is 5.56 Å². The van der Waals surface area contributed by atoms with Gasteiger partial charge in [0.25, 0.3) is 0 Å². The number of piperazine rings is 1. The summed E-state index contributed by atoms with van der Waals surface area (Å²) in [5.41, 5.74) is 1.72. The van der Waals surface area contributed by atoms with Crippen LogP contribution in [0.5, 0.6) is 0 Å². The number of aromatic nitrogens is 3. The zero-order valence-electron chi connectivity index (χ0n) is 13.3. The lowest BCUT2D eigenvalue weighted by atomic mass is 10.1. The Morgan fingerprint density at radius 3 is 2.70 bits per heavy atom. The molecule has 2 aromatic rings. The highest BCUT2D eigenvalue weighted by atomic mass is 15.3. The zero-order chi connectivity index (χ0) is 16.1. The Morgan fingerprint density at radius 2 is 1.96 bits per heavy atom. The van der Waals surface area contributed by atoms with E-state index in [9.17, 15) is 5.26 Å². The van der Waals surface area contributed by atoms with Crippen LogP contribution < -0.4 is 4.90 Å². The Balaban J connectivity index is 1.60. The van der Waals surface area contributed by atoms with Crippen molar-refractivity contribution in [3.63, 3.8) is 0 Å². The molecule has 1 fully saturated rings. The molecular formula is C17H20N6. The van der Waals surface area contributed by atoms with Gasteiger partial charge in [0.05, 0.1) is 0 Å². The van der Waals surface area contributed by atoms with Crippen molar-refractivity contribution in [3.05, 3.63) is 48.2 Å². The van der Waals surface area contributed by atoms with Crippen LogP contribution in [0.15, 0.2) is 36.9 Å². The van der Waals surface area contributed by atoms with Crippen molar-refractivity contribution in [2.75, 3.05) is 31.1 Å². The number of hydrogen-bond acceptors (Lipinski definition) is 6. The predicted molar refractivity (Wildman–Crippen MR) is 87.9 cm³/mol. The van der Waals surface area contributed by atoms with Gasteiger partial charge in [-0.2, -0.15) is 5.26 Å². The lowest BCUT2D eigenvalue weighted by Crippen LogP contribution is -2.52. The maximum absolute atomic E-state index is 9.18. The predicted octanol–water partition coefficient (Wildman–Crippen LogP) is 1.50. The molecule has 1 atom stereocenters. The highest BCUT2D eigenvalue weighted by Crippen LogP contribution is 2.19. The van der Waals surface area contributed by atoms with E-state index >= 15 is 0 Å². The van der Waals surface area contributed by atoms with Gasteiger partial charge in [-0.15, -0.1) is 0 Å². The first-order valence-electron chi connectivity index (χ1n) is 7.87. The molecule has 0 radical (unpaired) electrons. The van der Waals surface area contributed by atoms with Crippen molar-refractivity contribution >= 4 is 5.82 Å². The Bertz CT molecular complexity index is 681. The first-order chi connectivity index (χ1) is 11.3. The van der Waals surface area contributed by atoms with E-state index in [2.05, 4.69) is 49.9 Å². The Kier molecular flexibility index (Phi) is 4.79. The fourth-order valence-electron chi connectivity index (χ4n) is 2.98. The highest BCUT2D eigenvalue weighted by Gasteiger charge is 2.25. The molecule has 0 N–H and O–H groups in total. The molecule has 0 spiro atoms. The topological polar surface area (TPSA) is 68.9 Å². The number of pyridine rings is 1. The molecule has 0 aliphatic carbocycles. The summed E-state index contributed by atoms with van der Waals surface area (Å²) < 4.78 is 0. The van der Waals surface area contributed by atoms with Crippen LogP contribution in [0.1, 0.15) is 18.2 Å². The molecule has 118 valence electrons. The second-order valence-electron chi connectivity index (χ2n) is 5.78. The van der Waals surface area contributed by atoms with Crippen LogP contribution in [0.3, 0.4) is 0 Å². The Hall–Kier alpha value is -2.52. The second-order valence-corrected chi connectivity index (χ2v) is 5.78. The first kappa shape index (κ1) is 15.4. The molecule has 1 saturated heterocycles. The normalized spacial score (nSPS) is 18.6. The third kappa shape index (κ3) is 3.63. The van der Waals surface area contributed by atoms with Gasteiger partial charge in [0, 0.05) is 57.0 Å². The fraction of sp³-hybridized carbons (Fsp3) is 0.412. The minimum absolute atomic E-state index is 0.407. The first-order valence-corrected chi connectivity index (χ1v) is 7.87. The summed E-state index contributed by atoms with van der Waals surface area (Å²) in [7, 11) is 0. The molecule has 3 rings (SSSR count). The number of nitrogens with zero attached hydrogens (tertiary/aromatic N) is 6. The monoisotopic (exact) mass is 308 g/mol. The standard InChI is InChI=1S/C17H20N6/c1-14-13-23(17-16(12-18)20-7-8-21-17)11-10-22(14)9-4-15-2-5-19-6-3-15/h2-3,5-8,14H,4,9-11,13H2,1H3. The molecule has 1 aliphatic rings. The molecule has 0 saturated carbocycles. The third-order valence-corrected chi connectivity index (χ3v) is 4.29. The summed E-state index contributed by atoms with van der Waals surface area (Å²) in [5, 5.41) is 9.18. The van der Waals surface area contributed by atoms with Gasteiger partial charge < -0.3 is 4.90 Å². The van der Waals surface area contributed by atoms with E-state index in [0.29, 0.717) is 17.6 Å². The lowest BCUT2D eigenvalue weighted by Gasteiger charge is -2.40. The van der Waals surface area contributed by atoms with Gasteiger partial charge in [0.2, 0.25) is 0 Å².